The first-order valence-electron chi connectivity index (χ1n) is 9.57. The predicted octanol–water partition coefficient (Wildman–Crippen LogP) is 3.61. The molecule has 0 spiro atoms. The molecule has 2 amide bonds. The van der Waals surface area contributed by atoms with Crippen molar-refractivity contribution in [3.8, 4) is 6.01 Å². The Kier molecular flexibility index (Phi) is 5.10. The Balaban J connectivity index is 1.34. The van der Waals surface area contributed by atoms with Gasteiger partial charge in [0.1, 0.15) is 6.10 Å². The first kappa shape index (κ1) is 18.2. The van der Waals surface area contributed by atoms with E-state index in [9.17, 15) is 4.79 Å². The largest absolute Gasteiger partial charge is 0.458 e. The van der Waals surface area contributed by atoms with Crippen molar-refractivity contribution in [2.24, 2.45) is 0 Å². The lowest BCUT2D eigenvalue weighted by Crippen LogP contribution is -2.39. The van der Waals surface area contributed by atoms with Gasteiger partial charge in [-0.25, -0.2) is 14.8 Å². The Morgan fingerprint density at radius 2 is 1.89 bits per heavy atom. The van der Waals surface area contributed by atoms with E-state index in [2.05, 4.69) is 39.6 Å². The van der Waals surface area contributed by atoms with E-state index in [1.165, 1.54) is 10.8 Å². The van der Waals surface area contributed by atoms with Crippen LogP contribution in [0.25, 0.3) is 10.8 Å². The molecule has 2 aromatic carbocycles. The number of ether oxygens (including phenoxy) is 1. The van der Waals surface area contributed by atoms with Gasteiger partial charge in [0.05, 0.1) is 6.54 Å². The van der Waals surface area contributed by atoms with E-state index >= 15 is 0 Å². The number of aromatic nitrogens is 2. The van der Waals surface area contributed by atoms with E-state index in [1.807, 2.05) is 38.1 Å². The summed E-state index contributed by atoms with van der Waals surface area (Å²) < 4.78 is 5.89. The van der Waals surface area contributed by atoms with Crippen molar-refractivity contribution in [3.63, 3.8) is 0 Å². The highest BCUT2D eigenvalue weighted by Gasteiger charge is 2.28. The molecule has 1 fully saturated rings. The third-order valence-electron chi connectivity index (χ3n) is 4.98. The number of benzene rings is 2. The van der Waals surface area contributed by atoms with E-state index in [1.54, 1.807) is 4.90 Å². The molecular weight excluding hydrogens is 352 g/mol. The first-order chi connectivity index (χ1) is 13.6. The lowest BCUT2D eigenvalue weighted by molar-refractivity contribution is 0.177. The van der Waals surface area contributed by atoms with Gasteiger partial charge in [-0.05, 0) is 36.2 Å². The van der Waals surface area contributed by atoms with Gasteiger partial charge in [0.25, 0.3) is 0 Å². The molecule has 0 unspecified atom stereocenters. The average Bonchev–Trinajstić information content (AvgIpc) is 3.14. The van der Waals surface area contributed by atoms with Crippen LogP contribution in [0.4, 0.5) is 4.79 Å². The maximum atomic E-state index is 12.6. The number of amides is 2. The van der Waals surface area contributed by atoms with Gasteiger partial charge in [0.15, 0.2) is 0 Å². The van der Waals surface area contributed by atoms with Crippen molar-refractivity contribution in [3.05, 3.63) is 65.5 Å². The third kappa shape index (κ3) is 4.06. The van der Waals surface area contributed by atoms with Crippen LogP contribution in [0.15, 0.2) is 48.5 Å². The number of rotatable bonds is 4. The number of fused-ring (bicyclic) bond motifs is 1. The van der Waals surface area contributed by atoms with Gasteiger partial charge in [-0.3, -0.25) is 0 Å². The molecule has 0 radical (unpaired) electrons. The van der Waals surface area contributed by atoms with Crippen LogP contribution in [0, 0.1) is 13.8 Å². The molecule has 0 saturated carbocycles. The molecule has 0 aliphatic carbocycles. The lowest BCUT2D eigenvalue weighted by Gasteiger charge is -2.18. The highest BCUT2D eigenvalue weighted by molar-refractivity contribution is 5.86. The van der Waals surface area contributed by atoms with E-state index in [0.717, 1.165) is 23.4 Å². The Labute approximate surface area is 164 Å². The number of carbonyl (C=O) groups excluding carboxylic acids is 1. The molecule has 1 saturated heterocycles. The smallest absolute Gasteiger partial charge is 0.317 e. The molecular formula is C22H24N4O2. The van der Waals surface area contributed by atoms with E-state index in [4.69, 9.17) is 4.74 Å². The molecule has 4 rings (SSSR count). The van der Waals surface area contributed by atoms with Gasteiger partial charge in [0, 0.05) is 30.9 Å². The van der Waals surface area contributed by atoms with Gasteiger partial charge in [-0.15, -0.1) is 0 Å². The van der Waals surface area contributed by atoms with Gasteiger partial charge < -0.3 is 15.0 Å². The van der Waals surface area contributed by atoms with E-state index in [-0.39, 0.29) is 12.1 Å². The van der Waals surface area contributed by atoms with Crippen LogP contribution in [-0.4, -0.2) is 40.1 Å². The molecule has 1 aliphatic heterocycles. The number of hydrogen-bond donors (Lipinski definition) is 1. The van der Waals surface area contributed by atoms with Crippen LogP contribution in [0.3, 0.4) is 0 Å². The maximum Gasteiger partial charge on any atom is 0.317 e. The second-order valence-electron chi connectivity index (χ2n) is 7.20. The van der Waals surface area contributed by atoms with Crippen LogP contribution in [-0.2, 0) is 6.54 Å². The Bertz CT molecular complexity index is 979. The average molecular weight is 376 g/mol. The van der Waals surface area contributed by atoms with Crippen molar-refractivity contribution >= 4 is 16.8 Å². The summed E-state index contributed by atoms with van der Waals surface area (Å²) in [6.45, 7) is 5.55. The monoisotopic (exact) mass is 376 g/mol. The molecule has 0 bridgehead atoms. The topological polar surface area (TPSA) is 67.3 Å². The van der Waals surface area contributed by atoms with Crippen molar-refractivity contribution < 1.29 is 9.53 Å². The summed E-state index contributed by atoms with van der Waals surface area (Å²) in [6, 6.07) is 16.6. The standard InChI is InChI=1S/C22H24N4O2/c1-15-12-16(2)25-21(24-15)28-19-10-11-26(14-19)22(27)23-13-18-8-5-7-17-6-3-4-9-20(17)18/h3-9,12,19H,10-11,13-14H2,1-2H3,(H,23,27)/t19-/m0/s1. The molecule has 6 heteroatoms. The summed E-state index contributed by atoms with van der Waals surface area (Å²) in [4.78, 5) is 23.0. The molecule has 1 aliphatic rings. The summed E-state index contributed by atoms with van der Waals surface area (Å²) in [6.07, 6.45) is 0.697. The van der Waals surface area contributed by atoms with Crippen molar-refractivity contribution in [1.29, 1.82) is 0 Å². The van der Waals surface area contributed by atoms with Gasteiger partial charge >= 0.3 is 12.0 Å². The number of aryl methyl sites for hydroxylation is 2. The van der Waals surface area contributed by atoms with Gasteiger partial charge in [0.2, 0.25) is 0 Å². The lowest BCUT2D eigenvalue weighted by atomic mass is 10.0. The van der Waals surface area contributed by atoms with Crippen LogP contribution in [0.1, 0.15) is 23.4 Å². The Morgan fingerprint density at radius 1 is 1.14 bits per heavy atom. The molecule has 6 nitrogen and oxygen atoms in total. The van der Waals surface area contributed by atoms with Crippen LogP contribution in [0.2, 0.25) is 0 Å². The van der Waals surface area contributed by atoms with Gasteiger partial charge in [-0.1, -0.05) is 42.5 Å². The zero-order valence-electron chi connectivity index (χ0n) is 16.2. The Morgan fingerprint density at radius 3 is 2.71 bits per heavy atom. The quantitative estimate of drug-likeness (QED) is 0.755. The molecule has 2 heterocycles. The van der Waals surface area contributed by atoms with Crippen LogP contribution in [0.5, 0.6) is 6.01 Å². The number of urea groups is 1. The molecule has 28 heavy (non-hydrogen) atoms. The highest BCUT2D eigenvalue weighted by atomic mass is 16.5. The van der Waals surface area contributed by atoms with E-state index in [0.29, 0.717) is 25.6 Å². The molecule has 3 aromatic rings. The summed E-state index contributed by atoms with van der Waals surface area (Å²) in [7, 11) is 0. The zero-order valence-corrected chi connectivity index (χ0v) is 16.2. The Hall–Kier alpha value is -3.15. The van der Waals surface area contributed by atoms with Crippen molar-refractivity contribution in [2.75, 3.05) is 13.1 Å². The normalized spacial score (nSPS) is 16.4. The fourth-order valence-electron chi connectivity index (χ4n) is 3.63. The second kappa shape index (κ2) is 7.84. The summed E-state index contributed by atoms with van der Waals surface area (Å²) in [5, 5.41) is 5.38. The SMILES string of the molecule is Cc1cc(C)nc(O[C@H]2CCN(C(=O)NCc3cccc4ccccc34)C2)n1. The molecule has 1 aromatic heterocycles. The second-order valence-corrected chi connectivity index (χ2v) is 7.20. The third-order valence-corrected chi connectivity index (χ3v) is 4.98. The fraction of sp³-hybridized carbons (Fsp3) is 0.318. The first-order valence-corrected chi connectivity index (χ1v) is 9.57. The minimum atomic E-state index is -0.0792. The zero-order chi connectivity index (χ0) is 19.5. The molecule has 1 N–H and O–H groups in total. The van der Waals surface area contributed by atoms with Crippen molar-refractivity contribution in [1.82, 2.24) is 20.2 Å². The summed E-state index contributed by atoms with van der Waals surface area (Å²) in [5.41, 5.74) is 2.87. The number of nitrogens with one attached hydrogen (secondary N) is 1. The summed E-state index contributed by atoms with van der Waals surface area (Å²) >= 11 is 0. The highest BCUT2D eigenvalue weighted by Crippen LogP contribution is 2.19. The number of nitrogens with zero attached hydrogens (tertiary/aromatic N) is 3. The van der Waals surface area contributed by atoms with E-state index < -0.39 is 0 Å². The van der Waals surface area contributed by atoms with Crippen LogP contribution >= 0.6 is 0 Å². The fourth-order valence-corrected chi connectivity index (χ4v) is 3.63. The predicted molar refractivity (Wildman–Crippen MR) is 108 cm³/mol. The van der Waals surface area contributed by atoms with Crippen molar-refractivity contribution in [2.45, 2.75) is 32.9 Å². The number of likely N-dealkylation sites (tertiary alicyclic amines) is 1. The van der Waals surface area contributed by atoms with Gasteiger partial charge in [-0.2, -0.15) is 0 Å². The minimum absolute atomic E-state index is 0.0691. The molecule has 1 atom stereocenters. The minimum Gasteiger partial charge on any atom is -0.458 e. The number of hydrogen-bond acceptors (Lipinski definition) is 4. The number of carbonyl (C=O) groups is 1. The summed E-state index contributed by atoms with van der Waals surface area (Å²) in [5.74, 6) is 0. The maximum absolute atomic E-state index is 12.6. The molecule has 144 valence electrons. The van der Waals surface area contributed by atoms with Crippen LogP contribution < -0.4 is 10.1 Å².